The van der Waals surface area contributed by atoms with Gasteiger partial charge in [0.05, 0.1) is 19.6 Å². The first-order chi connectivity index (χ1) is 31.3. The molecule has 0 aliphatic carbocycles. The number of carbonyl (C=O) groups is 11. The Morgan fingerprint density at radius 2 is 1.26 bits per heavy atom. The van der Waals surface area contributed by atoms with E-state index < -0.39 is 79.7 Å². The normalized spacial score (nSPS) is 12.8. The number of benzene rings is 1. The van der Waals surface area contributed by atoms with Crippen molar-refractivity contribution in [3.05, 3.63) is 35.4 Å². The molecule has 6 N–H and O–H groups in total. The van der Waals surface area contributed by atoms with E-state index in [1.165, 1.54) is 9.80 Å². The van der Waals surface area contributed by atoms with Gasteiger partial charge in [0, 0.05) is 83.2 Å². The maximum Gasteiger partial charge on any atom is 0.333 e. The molecule has 1 saturated heterocycles. The molecule has 1 aromatic rings. The van der Waals surface area contributed by atoms with Crippen LogP contribution in [0.5, 0.6) is 0 Å². The van der Waals surface area contributed by atoms with E-state index in [2.05, 4.69) is 10.6 Å². The molecule has 0 aromatic heterocycles. The van der Waals surface area contributed by atoms with Gasteiger partial charge in [0.15, 0.2) is 0 Å². The molecule has 2 rings (SSSR count). The summed E-state index contributed by atoms with van der Waals surface area (Å²) < 4.78 is 0. The summed E-state index contributed by atoms with van der Waals surface area (Å²) in [6, 6.07) is 7.02. The van der Waals surface area contributed by atoms with E-state index in [9.17, 15) is 73.2 Å². The highest BCUT2D eigenvalue weighted by Crippen LogP contribution is 2.18. The zero-order valence-electron chi connectivity index (χ0n) is 37.5. The fourth-order valence-corrected chi connectivity index (χ4v) is 7.03. The number of rotatable bonds is 36. The first-order valence-electron chi connectivity index (χ1n) is 22.1. The van der Waals surface area contributed by atoms with Crippen molar-refractivity contribution >= 4 is 65.2 Å². The van der Waals surface area contributed by atoms with E-state index in [-0.39, 0.29) is 102 Å². The van der Waals surface area contributed by atoms with Crippen molar-refractivity contribution in [2.75, 3.05) is 65.4 Å². The van der Waals surface area contributed by atoms with Gasteiger partial charge >= 0.3 is 29.8 Å². The average Bonchev–Trinajstić information content (AvgIpc) is 3.55. The smallest absolute Gasteiger partial charge is 0.333 e. The molecule has 22 nitrogen and oxygen atoms in total. The number of Topliss-reactive ketones (excluding diaryl/α,β-unsaturated/α-hetero) is 1. The SMILES string of the molecule is Cc1cccc(C(=O)NCCCCN(CC(=O)O)C(=O)CN(CCN(CCC(CC(=O)O)CC(=O)CCCCCNC(=O)CCCCC(=O)ON2C(=O)CCC2=O)CC(=O)O)CC(=O)O)c1. The van der Waals surface area contributed by atoms with Gasteiger partial charge in [-0.15, -0.1) is 5.06 Å². The lowest BCUT2D eigenvalue weighted by Crippen LogP contribution is -2.47. The van der Waals surface area contributed by atoms with Crippen molar-refractivity contribution in [2.24, 2.45) is 5.92 Å². The molecule has 1 fully saturated rings. The molecule has 366 valence electrons. The molecule has 66 heavy (non-hydrogen) atoms. The molecule has 1 heterocycles. The van der Waals surface area contributed by atoms with Gasteiger partial charge in [-0.3, -0.25) is 57.7 Å². The lowest BCUT2D eigenvalue weighted by Gasteiger charge is -2.28. The molecule has 1 unspecified atom stereocenters. The summed E-state index contributed by atoms with van der Waals surface area (Å²) >= 11 is 0. The zero-order chi connectivity index (χ0) is 49.0. The number of imide groups is 1. The minimum absolute atomic E-state index is 0.00578. The Kier molecular flexibility index (Phi) is 26.0. The molecule has 1 aliphatic rings. The second-order valence-electron chi connectivity index (χ2n) is 16.2. The Hall–Kier alpha value is -6.29. The van der Waals surface area contributed by atoms with Gasteiger partial charge in [-0.2, -0.15) is 0 Å². The van der Waals surface area contributed by atoms with Gasteiger partial charge in [0.1, 0.15) is 12.3 Å². The predicted octanol–water partition coefficient (Wildman–Crippen LogP) is 1.48. The van der Waals surface area contributed by atoms with E-state index in [0.29, 0.717) is 62.1 Å². The first kappa shape index (κ1) is 55.8. The molecule has 0 saturated carbocycles. The number of nitrogens with one attached hydrogen (secondary N) is 2. The van der Waals surface area contributed by atoms with E-state index in [1.54, 1.807) is 18.2 Å². The highest BCUT2D eigenvalue weighted by molar-refractivity contribution is 6.01. The van der Waals surface area contributed by atoms with Crippen molar-refractivity contribution in [1.29, 1.82) is 0 Å². The van der Waals surface area contributed by atoms with Crippen LogP contribution in [0.2, 0.25) is 0 Å². The Balaban J connectivity index is 1.79. The molecule has 0 bridgehead atoms. The van der Waals surface area contributed by atoms with Crippen LogP contribution in [0, 0.1) is 12.8 Å². The summed E-state index contributed by atoms with van der Waals surface area (Å²) in [6.07, 6.45) is 3.05. The summed E-state index contributed by atoms with van der Waals surface area (Å²) in [5.41, 5.74) is 1.41. The number of amides is 5. The van der Waals surface area contributed by atoms with Crippen LogP contribution in [0.15, 0.2) is 24.3 Å². The predicted molar refractivity (Wildman–Crippen MR) is 232 cm³/mol. The number of unbranched alkanes of at least 4 members (excludes halogenated alkanes) is 4. The first-order valence-corrected chi connectivity index (χ1v) is 22.1. The van der Waals surface area contributed by atoms with Crippen LogP contribution in [0.1, 0.15) is 112 Å². The van der Waals surface area contributed by atoms with Gasteiger partial charge in [0.2, 0.25) is 11.8 Å². The third-order valence-electron chi connectivity index (χ3n) is 10.4. The molecular formula is C44H64N6O16. The molecule has 0 radical (unpaired) electrons. The summed E-state index contributed by atoms with van der Waals surface area (Å²) in [4.78, 5) is 141. The molecule has 1 aromatic carbocycles. The monoisotopic (exact) mass is 932 g/mol. The van der Waals surface area contributed by atoms with Crippen LogP contribution in [0.25, 0.3) is 0 Å². The molecular weight excluding hydrogens is 869 g/mol. The van der Waals surface area contributed by atoms with E-state index in [4.69, 9.17) is 4.84 Å². The van der Waals surface area contributed by atoms with Crippen LogP contribution in [0.4, 0.5) is 0 Å². The Morgan fingerprint density at radius 1 is 0.652 bits per heavy atom. The highest BCUT2D eigenvalue weighted by atomic mass is 16.7. The molecule has 0 spiro atoms. The summed E-state index contributed by atoms with van der Waals surface area (Å²) in [6.45, 7) is 0.142. The standard InChI is InChI=1S/C44H64N6O16/c1-31-10-9-11-33(24-31)44(65)46-19-7-8-20-49(30-42(62)63)38(55)27-48(29-41(60)61)23-22-47(28-40(58)59)21-17-32(26-39(56)57)25-34(51)12-3-2-6-18-45-35(52)13-4-5-14-43(64)66-50-36(53)15-16-37(50)54/h9-11,24,32H,2-8,12-23,25-30H2,1H3,(H,45,52)(H,46,65)(H,56,57)(H,58,59)(H,60,61)(H,62,63). The van der Waals surface area contributed by atoms with Crippen LogP contribution < -0.4 is 10.6 Å². The van der Waals surface area contributed by atoms with E-state index in [0.717, 1.165) is 10.5 Å². The molecule has 22 heteroatoms. The van der Waals surface area contributed by atoms with Crippen molar-refractivity contribution in [3.8, 4) is 0 Å². The van der Waals surface area contributed by atoms with Crippen LogP contribution in [-0.2, 0) is 52.8 Å². The third-order valence-corrected chi connectivity index (χ3v) is 10.4. The van der Waals surface area contributed by atoms with E-state index >= 15 is 0 Å². The van der Waals surface area contributed by atoms with Crippen molar-refractivity contribution in [2.45, 2.75) is 103 Å². The Morgan fingerprint density at radius 3 is 1.91 bits per heavy atom. The number of hydroxylamine groups is 2. The summed E-state index contributed by atoms with van der Waals surface area (Å²) in [5.74, 6) is -8.79. The zero-order valence-corrected chi connectivity index (χ0v) is 37.5. The quantitative estimate of drug-likeness (QED) is 0.0410. The highest BCUT2D eigenvalue weighted by Gasteiger charge is 2.32. The maximum atomic E-state index is 13.3. The number of hydrogen-bond acceptors (Lipinski definition) is 14. The van der Waals surface area contributed by atoms with Gasteiger partial charge in [-0.05, 0) is 76.5 Å². The molecule has 1 atom stereocenters. The van der Waals surface area contributed by atoms with Gasteiger partial charge < -0.3 is 40.8 Å². The second-order valence-corrected chi connectivity index (χ2v) is 16.2. The van der Waals surface area contributed by atoms with Gasteiger partial charge in [-0.1, -0.05) is 24.1 Å². The number of carboxylic acid groups (broad SMARTS) is 4. The number of carboxylic acids is 4. The minimum Gasteiger partial charge on any atom is -0.481 e. The number of hydrogen-bond donors (Lipinski definition) is 6. The molecule has 1 aliphatic heterocycles. The fraction of sp³-hybridized carbons (Fsp3) is 0.614. The van der Waals surface area contributed by atoms with E-state index in [1.807, 2.05) is 13.0 Å². The van der Waals surface area contributed by atoms with Crippen LogP contribution >= 0.6 is 0 Å². The minimum atomic E-state index is -1.28. The second kappa shape index (κ2) is 30.8. The number of carbonyl (C=O) groups excluding carboxylic acids is 7. The third kappa shape index (κ3) is 24.7. The van der Waals surface area contributed by atoms with Crippen molar-refractivity contribution in [3.63, 3.8) is 0 Å². The largest absolute Gasteiger partial charge is 0.481 e. The Bertz CT molecular complexity index is 1840. The average molecular weight is 933 g/mol. The summed E-state index contributed by atoms with van der Waals surface area (Å²) in [7, 11) is 0. The van der Waals surface area contributed by atoms with Gasteiger partial charge in [-0.25, -0.2) is 4.79 Å². The molecule has 5 amide bonds. The number of nitrogens with zero attached hydrogens (tertiary/aromatic N) is 4. The lowest BCUT2D eigenvalue weighted by atomic mass is 9.93. The lowest BCUT2D eigenvalue weighted by molar-refractivity contribution is -0.197. The number of ketones is 1. The summed E-state index contributed by atoms with van der Waals surface area (Å²) in [5, 5.41) is 44.2. The fourth-order valence-electron chi connectivity index (χ4n) is 7.03. The van der Waals surface area contributed by atoms with Crippen LogP contribution in [0.3, 0.4) is 0 Å². The maximum absolute atomic E-state index is 13.3. The number of aryl methyl sites for hydroxylation is 1. The number of aliphatic carboxylic acids is 4. The van der Waals surface area contributed by atoms with Crippen molar-refractivity contribution < 1.29 is 78.0 Å². The topological polar surface area (TPSA) is 315 Å². The van der Waals surface area contributed by atoms with Crippen molar-refractivity contribution in [1.82, 2.24) is 30.4 Å². The van der Waals surface area contributed by atoms with Gasteiger partial charge in [0.25, 0.3) is 17.7 Å². The van der Waals surface area contributed by atoms with Crippen LogP contribution in [-0.4, -0.2) is 171 Å². The Labute approximate surface area is 382 Å².